The third-order valence-corrected chi connectivity index (χ3v) is 4.02. The number of aryl methyl sites for hydroxylation is 1. The highest BCUT2D eigenvalue weighted by atomic mass is 35.5. The van der Waals surface area contributed by atoms with Gasteiger partial charge in [-0.05, 0) is 19.1 Å². The Morgan fingerprint density at radius 3 is 2.43 bits per heavy atom. The van der Waals surface area contributed by atoms with Crippen molar-refractivity contribution in [3.05, 3.63) is 56.8 Å². The van der Waals surface area contributed by atoms with Gasteiger partial charge in [-0.25, -0.2) is 9.78 Å². The van der Waals surface area contributed by atoms with Crippen molar-refractivity contribution in [2.45, 2.75) is 6.92 Å². The molecule has 8 heteroatoms. The quantitative estimate of drug-likeness (QED) is 0.818. The lowest BCUT2D eigenvalue weighted by molar-refractivity contribution is -0.119. The summed E-state index contributed by atoms with van der Waals surface area (Å²) in [6.45, 7) is 1.45. The first kappa shape index (κ1) is 17.5. The number of ether oxygens (including phenoxy) is 1. The first-order valence-electron chi connectivity index (χ1n) is 6.41. The average molecular weight is 374 g/mol. The molecule has 0 unspecified atom stereocenters. The van der Waals surface area contributed by atoms with Gasteiger partial charge in [-0.15, -0.1) is 0 Å². The Labute approximate surface area is 147 Å². The first-order valence-corrected chi connectivity index (χ1v) is 7.55. The maximum atomic E-state index is 11.9. The maximum Gasteiger partial charge on any atom is 0.359 e. The van der Waals surface area contributed by atoms with Crippen LogP contribution in [0.5, 0.6) is 0 Å². The number of carbonyl (C=O) groups excluding carboxylic acids is 2. The zero-order valence-corrected chi connectivity index (χ0v) is 14.2. The second-order valence-corrected chi connectivity index (χ2v) is 5.74. The van der Waals surface area contributed by atoms with Crippen LogP contribution in [0.25, 0.3) is 0 Å². The van der Waals surface area contributed by atoms with Crippen molar-refractivity contribution >= 4 is 52.4 Å². The Kier molecular flexibility index (Phi) is 5.82. The third-order valence-electron chi connectivity index (χ3n) is 2.78. The second kappa shape index (κ2) is 7.64. The molecule has 0 bridgehead atoms. The van der Waals surface area contributed by atoms with E-state index < -0.39 is 18.5 Å². The number of nitrogens with zero attached hydrogens (tertiary/aromatic N) is 1. The van der Waals surface area contributed by atoms with Gasteiger partial charge in [0.15, 0.2) is 12.3 Å². The zero-order valence-electron chi connectivity index (χ0n) is 11.9. The van der Waals surface area contributed by atoms with Gasteiger partial charge >= 0.3 is 5.97 Å². The molecule has 23 heavy (non-hydrogen) atoms. The minimum atomic E-state index is -0.868. The molecule has 0 aliphatic carbocycles. The standard InChI is InChI=1S/C15H11Cl3N2O3/c1-8-2-4-9(5-3-8)20-11(21)7-23-15(22)14-13(18)12(17)10(16)6-19-14/h2-6H,7H2,1H3,(H,20,21). The van der Waals surface area contributed by atoms with Crippen LogP contribution in [0.15, 0.2) is 30.5 Å². The molecule has 5 nitrogen and oxygen atoms in total. The summed E-state index contributed by atoms with van der Waals surface area (Å²) in [5, 5.41) is 2.59. The zero-order chi connectivity index (χ0) is 17.0. The van der Waals surface area contributed by atoms with Crippen LogP contribution in [0.2, 0.25) is 15.1 Å². The molecule has 2 rings (SSSR count). The Morgan fingerprint density at radius 1 is 1.13 bits per heavy atom. The number of amides is 1. The van der Waals surface area contributed by atoms with E-state index in [1.165, 1.54) is 6.20 Å². The first-order chi connectivity index (χ1) is 10.9. The van der Waals surface area contributed by atoms with E-state index in [2.05, 4.69) is 10.3 Å². The van der Waals surface area contributed by atoms with Crippen LogP contribution in [0.3, 0.4) is 0 Å². The van der Waals surface area contributed by atoms with E-state index in [4.69, 9.17) is 39.5 Å². The van der Waals surface area contributed by atoms with E-state index in [0.29, 0.717) is 5.69 Å². The molecule has 120 valence electrons. The number of pyridine rings is 1. The highest BCUT2D eigenvalue weighted by molar-refractivity contribution is 6.48. The van der Waals surface area contributed by atoms with E-state index in [9.17, 15) is 9.59 Å². The lowest BCUT2D eigenvalue weighted by Crippen LogP contribution is -2.21. The molecule has 0 saturated carbocycles. The predicted molar refractivity (Wildman–Crippen MR) is 89.4 cm³/mol. The van der Waals surface area contributed by atoms with Crippen molar-refractivity contribution in [3.8, 4) is 0 Å². The fourth-order valence-electron chi connectivity index (χ4n) is 1.62. The summed E-state index contributed by atoms with van der Waals surface area (Å²) >= 11 is 17.4. The Balaban J connectivity index is 1.95. The lowest BCUT2D eigenvalue weighted by atomic mass is 10.2. The van der Waals surface area contributed by atoms with E-state index >= 15 is 0 Å². The van der Waals surface area contributed by atoms with Crippen LogP contribution in [0, 0.1) is 6.92 Å². The number of carbonyl (C=O) groups is 2. The largest absolute Gasteiger partial charge is 0.451 e. The number of hydrogen-bond acceptors (Lipinski definition) is 4. The Morgan fingerprint density at radius 2 is 1.78 bits per heavy atom. The minimum Gasteiger partial charge on any atom is -0.451 e. The summed E-state index contributed by atoms with van der Waals surface area (Å²) in [6.07, 6.45) is 1.18. The molecule has 0 radical (unpaired) electrons. The molecule has 0 aliphatic rings. The van der Waals surface area contributed by atoms with Crippen LogP contribution in [-0.2, 0) is 9.53 Å². The van der Waals surface area contributed by atoms with Gasteiger partial charge in [-0.1, -0.05) is 52.5 Å². The van der Waals surface area contributed by atoms with Gasteiger partial charge < -0.3 is 10.1 Å². The molecular weight excluding hydrogens is 363 g/mol. The maximum absolute atomic E-state index is 11.9. The van der Waals surface area contributed by atoms with Crippen molar-refractivity contribution in [1.29, 1.82) is 0 Å². The average Bonchev–Trinajstić information content (AvgIpc) is 2.53. The smallest absolute Gasteiger partial charge is 0.359 e. The predicted octanol–water partition coefficient (Wildman–Crippen LogP) is 4.15. The van der Waals surface area contributed by atoms with Crippen molar-refractivity contribution in [1.82, 2.24) is 4.98 Å². The Bertz CT molecular complexity index is 748. The molecule has 0 spiro atoms. The number of nitrogens with one attached hydrogen (secondary N) is 1. The number of anilines is 1. The van der Waals surface area contributed by atoms with Gasteiger partial charge in [0.25, 0.3) is 5.91 Å². The van der Waals surface area contributed by atoms with Gasteiger partial charge in [-0.2, -0.15) is 0 Å². The summed E-state index contributed by atoms with van der Waals surface area (Å²) in [5.41, 5.74) is 1.46. The molecule has 0 aliphatic heterocycles. The number of hydrogen-bond donors (Lipinski definition) is 1. The fourth-order valence-corrected chi connectivity index (χ4v) is 2.18. The van der Waals surface area contributed by atoms with E-state index in [1.54, 1.807) is 12.1 Å². The van der Waals surface area contributed by atoms with Gasteiger partial charge in [-0.3, -0.25) is 4.79 Å². The highest BCUT2D eigenvalue weighted by Gasteiger charge is 2.19. The van der Waals surface area contributed by atoms with Crippen molar-refractivity contribution in [2.24, 2.45) is 0 Å². The number of esters is 1. The molecule has 1 N–H and O–H groups in total. The second-order valence-electron chi connectivity index (χ2n) is 4.57. The Hall–Kier alpha value is -1.82. The van der Waals surface area contributed by atoms with Crippen molar-refractivity contribution < 1.29 is 14.3 Å². The highest BCUT2D eigenvalue weighted by Crippen LogP contribution is 2.31. The van der Waals surface area contributed by atoms with E-state index in [1.807, 2.05) is 19.1 Å². The molecule has 1 heterocycles. The van der Waals surface area contributed by atoms with Gasteiger partial charge in [0, 0.05) is 11.9 Å². The molecule has 0 fully saturated rings. The molecule has 0 atom stereocenters. The summed E-state index contributed by atoms with van der Waals surface area (Å²) in [7, 11) is 0. The molecule has 1 aromatic carbocycles. The summed E-state index contributed by atoms with van der Waals surface area (Å²) in [5.74, 6) is -1.36. The van der Waals surface area contributed by atoms with Crippen LogP contribution >= 0.6 is 34.8 Å². The lowest BCUT2D eigenvalue weighted by Gasteiger charge is -2.08. The molecular formula is C15H11Cl3N2O3. The fraction of sp³-hybridized carbons (Fsp3) is 0.133. The number of rotatable bonds is 4. The van der Waals surface area contributed by atoms with Crippen LogP contribution in [-0.4, -0.2) is 23.5 Å². The monoisotopic (exact) mass is 372 g/mol. The van der Waals surface area contributed by atoms with E-state index in [0.717, 1.165) is 5.56 Å². The number of halogens is 3. The van der Waals surface area contributed by atoms with Gasteiger partial charge in [0.05, 0.1) is 15.1 Å². The summed E-state index contributed by atoms with van der Waals surface area (Å²) in [6, 6.07) is 7.18. The van der Waals surface area contributed by atoms with Crippen molar-refractivity contribution in [2.75, 3.05) is 11.9 Å². The molecule has 1 aromatic heterocycles. The number of benzene rings is 1. The summed E-state index contributed by atoms with van der Waals surface area (Å²) < 4.78 is 4.86. The molecule has 1 amide bonds. The molecule has 2 aromatic rings. The third kappa shape index (κ3) is 4.58. The summed E-state index contributed by atoms with van der Waals surface area (Å²) in [4.78, 5) is 27.4. The SMILES string of the molecule is Cc1ccc(NC(=O)COC(=O)c2ncc(Cl)c(Cl)c2Cl)cc1. The van der Waals surface area contributed by atoms with Gasteiger partial charge in [0.1, 0.15) is 0 Å². The van der Waals surface area contributed by atoms with Crippen LogP contribution in [0.1, 0.15) is 16.1 Å². The molecule has 0 saturated heterocycles. The minimum absolute atomic E-state index is 0.000565. The van der Waals surface area contributed by atoms with Crippen LogP contribution in [0.4, 0.5) is 5.69 Å². The van der Waals surface area contributed by atoms with E-state index in [-0.39, 0.29) is 20.8 Å². The number of aromatic nitrogens is 1. The van der Waals surface area contributed by atoms with Gasteiger partial charge in [0.2, 0.25) is 0 Å². The topological polar surface area (TPSA) is 68.3 Å². The van der Waals surface area contributed by atoms with Crippen molar-refractivity contribution in [3.63, 3.8) is 0 Å². The van der Waals surface area contributed by atoms with Crippen LogP contribution < -0.4 is 5.32 Å². The normalized spacial score (nSPS) is 10.3.